The Labute approximate surface area is 160 Å². The molecule has 0 radical (unpaired) electrons. The van der Waals surface area contributed by atoms with E-state index in [1.54, 1.807) is 0 Å². The Kier molecular flexibility index (Phi) is 8.73. The molecule has 0 fully saturated rings. The molecule has 0 spiro atoms. The van der Waals surface area contributed by atoms with Crippen LogP contribution in [0.1, 0.15) is 13.8 Å². The van der Waals surface area contributed by atoms with Crippen LogP contribution in [0, 0.1) is 5.92 Å². The molecule has 1 atom stereocenters. The van der Waals surface area contributed by atoms with Gasteiger partial charge in [-0.05, 0) is 13.8 Å². The largest absolute Gasteiger partial charge is 1.00 e. The molecule has 1 unspecified atom stereocenters. The number of carboxylic acid groups (broad SMARTS) is 1. The molecule has 10 heteroatoms. The zero-order chi connectivity index (χ0) is 17.7. The van der Waals surface area contributed by atoms with Crippen LogP contribution >= 0.6 is 0 Å². The molecule has 0 aromatic heterocycles. The van der Waals surface area contributed by atoms with Crippen LogP contribution in [0.2, 0.25) is 0 Å². The number of hydrogen-bond acceptors (Lipinski definition) is 9. The van der Waals surface area contributed by atoms with Gasteiger partial charge < -0.3 is 29.4 Å². The molecular weight excluding hydrogens is 333 g/mol. The molecule has 1 aliphatic heterocycles. The van der Waals surface area contributed by atoms with Gasteiger partial charge in [-0.1, -0.05) is 0 Å². The molecule has 0 saturated carbocycles. The Morgan fingerprint density at radius 3 is 1.92 bits per heavy atom. The molecular formula is C14H16NNaO8. The van der Waals surface area contributed by atoms with E-state index in [4.69, 9.17) is 0 Å². The molecule has 126 valence electrons. The van der Waals surface area contributed by atoms with Crippen LogP contribution in [0.15, 0.2) is 22.5 Å². The van der Waals surface area contributed by atoms with Crippen molar-refractivity contribution in [2.75, 3.05) is 20.8 Å². The van der Waals surface area contributed by atoms with Crippen molar-refractivity contribution in [1.29, 1.82) is 0 Å². The fourth-order valence-corrected chi connectivity index (χ4v) is 2.20. The van der Waals surface area contributed by atoms with Gasteiger partial charge in [0.2, 0.25) is 0 Å². The van der Waals surface area contributed by atoms with Gasteiger partial charge in [-0.25, -0.2) is 9.59 Å². The first-order chi connectivity index (χ1) is 10.7. The Hall–Kier alpha value is -1.84. The summed E-state index contributed by atoms with van der Waals surface area (Å²) in [6, 6.07) is 0. The minimum absolute atomic E-state index is 0. The van der Waals surface area contributed by atoms with Crippen molar-refractivity contribution in [2.24, 2.45) is 5.92 Å². The zero-order valence-corrected chi connectivity index (χ0v) is 16.1. The van der Waals surface area contributed by atoms with E-state index in [2.05, 4.69) is 19.5 Å². The molecule has 24 heavy (non-hydrogen) atoms. The van der Waals surface area contributed by atoms with Crippen molar-refractivity contribution in [1.82, 2.24) is 5.32 Å². The maximum absolute atomic E-state index is 12.1. The first-order valence-corrected chi connectivity index (χ1v) is 6.46. The van der Waals surface area contributed by atoms with Crippen molar-refractivity contribution in [3.8, 4) is 0 Å². The second-order valence-corrected chi connectivity index (χ2v) is 4.60. The van der Waals surface area contributed by atoms with Crippen LogP contribution in [0.25, 0.3) is 0 Å². The number of esters is 3. The summed E-state index contributed by atoms with van der Waals surface area (Å²) in [5.41, 5.74) is 0.185. The van der Waals surface area contributed by atoms with Crippen LogP contribution in [-0.4, -0.2) is 44.7 Å². The van der Waals surface area contributed by atoms with E-state index in [0.717, 1.165) is 14.2 Å². The number of aliphatic carboxylic acids is 1. The molecule has 0 aromatic carbocycles. The van der Waals surface area contributed by atoms with Gasteiger partial charge in [0, 0.05) is 11.4 Å². The average molecular weight is 349 g/mol. The standard InChI is InChI=1S/C14H17NO8.Na/c1-6-9(12(18)21-3)11(13(19)22-4)10(7(2)15-6)14(20)23-5-8(16)17;/h11,15H,5H2,1-4H3,(H,16,17);/q;+1/p-1. The summed E-state index contributed by atoms with van der Waals surface area (Å²) in [7, 11) is 2.21. The van der Waals surface area contributed by atoms with Crippen molar-refractivity contribution in [3.05, 3.63) is 22.5 Å². The number of carbonyl (C=O) groups is 4. The van der Waals surface area contributed by atoms with Crippen LogP contribution < -0.4 is 40.0 Å². The Morgan fingerprint density at radius 1 is 1.00 bits per heavy atom. The SMILES string of the molecule is COC(=O)C1=C(C)NC(C)=C(C(=O)OCC(=O)[O-])C1C(=O)OC.[Na+]. The molecule has 0 amide bonds. The number of carboxylic acids is 1. The van der Waals surface area contributed by atoms with Crippen molar-refractivity contribution >= 4 is 23.9 Å². The van der Waals surface area contributed by atoms with Crippen LogP contribution in [-0.2, 0) is 33.4 Å². The summed E-state index contributed by atoms with van der Waals surface area (Å²) < 4.78 is 13.8. The van der Waals surface area contributed by atoms with E-state index in [1.807, 2.05) is 0 Å². The minimum Gasteiger partial charge on any atom is -0.546 e. The maximum Gasteiger partial charge on any atom is 1.00 e. The topological polar surface area (TPSA) is 131 Å². The molecule has 0 aliphatic carbocycles. The van der Waals surface area contributed by atoms with E-state index >= 15 is 0 Å². The molecule has 1 rings (SSSR count). The maximum atomic E-state index is 12.1. The Balaban J connectivity index is 0.00000529. The number of hydrogen-bond donors (Lipinski definition) is 1. The molecule has 1 heterocycles. The fourth-order valence-electron chi connectivity index (χ4n) is 2.20. The van der Waals surface area contributed by atoms with Gasteiger partial charge in [-0.3, -0.25) is 4.79 Å². The van der Waals surface area contributed by atoms with Gasteiger partial charge in [0.1, 0.15) is 12.5 Å². The molecule has 0 aromatic rings. The first kappa shape index (κ1) is 22.2. The van der Waals surface area contributed by atoms with Crippen molar-refractivity contribution in [3.63, 3.8) is 0 Å². The third-order valence-electron chi connectivity index (χ3n) is 3.14. The van der Waals surface area contributed by atoms with Crippen molar-refractivity contribution < 1.29 is 68.1 Å². The normalized spacial score (nSPS) is 16.6. The predicted molar refractivity (Wildman–Crippen MR) is 72.0 cm³/mol. The third kappa shape index (κ3) is 4.83. The third-order valence-corrected chi connectivity index (χ3v) is 3.14. The van der Waals surface area contributed by atoms with E-state index < -0.39 is 36.4 Å². The summed E-state index contributed by atoms with van der Waals surface area (Å²) in [6.07, 6.45) is 0. The minimum atomic E-state index is -1.60. The number of carbonyl (C=O) groups excluding carboxylic acids is 4. The molecule has 9 nitrogen and oxygen atoms in total. The average Bonchev–Trinajstić information content (AvgIpc) is 2.50. The number of dihydropyridines is 1. The van der Waals surface area contributed by atoms with E-state index in [1.165, 1.54) is 13.8 Å². The van der Waals surface area contributed by atoms with E-state index in [-0.39, 0.29) is 46.4 Å². The quantitative estimate of drug-likeness (QED) is 0.296. The number of ether oxygens (including phenoxy) is 3. The van der Waals surface area contributed by atoms with Gasteiger partial charge in [0.15, 0.2) is 0 Å². The Morgan fingerprint density at radius 2 is 1.50 bits per heavy atom. The molecule has 0 saturated heterocycles. The fraction of sp³-hybridized carbons (Fsp3) is 0.429. The van der Waals surface area contributed by atoms with E-state index in [9.17, 15) is 24.3 Å². The molecule has 0 bridgehead atoms. The van der Waals surface area contributed by atoms with Gasteiger partial charge in [-0.2, -0.15) is 0 Å². The number of nitrogens with one attached hydrogen (secondary N) is 1. The monoisotopic (exact) mass is 349 g/mol. The van der Waals surface area contributed by atoms with Gasteiger partial charge >= 0.3 is 47.5 Å². The summed E-state index contributed by atoms with van der Waals surface area (Å²) in [4.78, 5) is 46.6. The predicted octanol–water partition coefficient (Wildman–Crippen LogP) is -4.60. The van der Waals surface area contributed by atoms with Gasteiger partial charge in [-0.15, -0.1) is 0 Å². The summed E-state index contributed by atoms with van der Waals surface area (Å²) in [6.45, 7) is 2.01. The van der Waals surface area contributed by atoms with Gasteiger partial charge in [0.05, 0.1) is 31.3 Å². The van der Waals surface area contributed by atoms with Crippen LogP contribution in [0.5, 0.6) is 0 Å². The summed E-state index contributed by atoms with van der Waals surface area (Å²) in [5, 5.41) is 13.2. The van der Waals surface area contributed by atoms with Gasteiger partial charge in [0.25, 0.3) is 0 Å². The zero-order valence-electron chi connectivity index (χ0n) is 14.1. The summed E-state index contributed by atoms with van der Waals surface area (Å²) >= 11 is 0. The second-order valence-electron chi connectivity index (χ2n) is 4.60. The number of methoxy groups -OCH3 is 2. The molecule has 1 N–H and O–H groups in total. The number of allylic oxidation sites excluding steroid dienone is 2. The van der Waals surface area contributed by atoms with Crippen LogP contribution in [0.3, 0.4) is 0 Å². The van der Waals surface area contributed by atoms with E-state index in [0.29, 0.717) is 5.70 Å². The Bertz CT molecular complexity index is 622. The second kappa shape index (κ2) is 9.45. The summed E-state index contributed by atoms with van der Waals surface area (Å²) in [5.74, 6) is -5.78. The van der Waals surface area contributed by atoms with Crippen molar-refractivity contribution in [2.45, 2.75) is 13.8 Å². The smallest absolute Gasteiger partial charge is 0.546 e. The number of rotatable bonds is 5. The molecule has 1 aliphatic rings. The van der Waals surface area contributed by atoms with Crippen LogP contribution in [0.4, 0.5) is 0 Å². The first-order valence-electron chi connectivity index (χ1n) is 6.46.